The highest BCUT2D eigenvalue weighted by Gasteiger charge is 2.12. The van der Waals surface area contributed by atoms with Gasteiger partial charge in [0.2, 0.25) is 0 Å². The minimum atomic E-state index is -0.00671. The number of Topliss-reactive ketones (excluding diaryl/α,β-unsaturated/α-hetero) is 1. The maximum Gasteiger partial charge on any atom is 0.177 e. The zero-order valence-corrected chi connectivity index (χ0v) is 9.02. The summed E-state index contributed by atoms with van der Waals surface area (Å²) in [7, 11) is 1.72. The fraction of sp³-hybridized carbons (Fsp3) is 0.300. The van der Waals surface area contributed by atoms with E-state index in [4.69, 9.17) is 0 Å². The number of phenolic OH excluding ortho intramolecular Hbond substituents is 1. The number of aromatic hydroxyl groups is 1. The Bertz CT molecular complexity index is 339. The first-order valence-electron chi connectivity index (χ1n) is 4.24. The zero-order valence-electron chi connectivity index (χ0n) is 8.20. The van der Waals surface area contributed by atoms with Crippen LogP contribution in [0.5, 0.6) is 5.75 Å². The van der Waals surface area contributed by atoms with E-state index in [-0.39, 0.29) is 18.1 Å². The Labute approximate surface area is 87.5 Å². The van der Waals surface area contributed by atoms with E-state index >= 15 is 0 Å². The quantitative estimate of drug-likeness (QED) is 0.585. The summed E-state index contributed by atoms with van der Waals surface area (Å²) in [6.07, 6.45) is 1.84. The molecule has 0 aliphatic heterocycles. The Morgan fingerprint density at radius 2 is 2.29 bits per heavy atom. The van der Waals surface area contributed by atoms with E-state index in [0.29, 0.717) is 10.5 Å². The number of phenols is 1. The molecule has 76 valence electrons. The molecule has 1 aromatic rings. The summed E-state index contributed by atoms with van der Waals surface area (Å²) >= 11 is 1.38. The highest BCUT2D eigenvalue weighted by Crippen LogP contribution is 2.30. The van der Waals surface area contributed by atoms with Gasteiger partial charge in [-0.15, -0.1) is 11.8 Å². The molecule has 0 aliphatic rings. The molecule has 0 fully saturated rings. The zero-order chi connectivity index (χ0) is 10.6. The number of nitrogens with one attached hydrogen (secondary N) is 1. The topological polar surface area (TPSA) is 49.3 Å². The summed E-state index contributed by atoms with van der Waals surface area (Å²) in [6, 6.07) is 4.99. The van der Waals surface area contributed by atoms with Crippen LogP contribution < -0.4 is 5.32 Å². The normalized spacial score (nSPS) is 10.1. The van der Waals surface area contributed by atoms with Crippen molar-refractivity contribution >= 4 is 17.5 Å². The fourth-order valence-electron chi connectivity index (χ4n) is 1.21. The van der Waals surface area contributed by atoms with Crippen LogP contribution in [0.3, 0.4) is 0 Å². The van der Waals surface area contributed by atoms with Crippen LogP contribution in [0.25, 0.3) is 0 Å². The SMILES string of the molecule is CNCC(=O)c1cccc(O)c1SC. The third-order valence-electron chi connectivity index (χ3n) is 1.84. The van der Waals surface area contributed by atoms with Gasteiger partial charge in [0.1, 0.15) is 5.75 Å². The maximum atomic E-state index is 11.6. The van der Waals surface area contributed by atoms with Crippen LogP contribution in [0, 0.1) is 0 Å². The van der Waals surface area contributed by atoms with Gasteiger partial charge in [0.05, 0.1) is 11.4 Å². The molecular weight excluding hydrogens is 198 g/mol. The summed E-state index contributed by atoms with van der Waals surface area (Å²) in [5.74, 6) is 0.159. The monoisotopic (exact) mass is 211 g/mol. The molecule has 1 rings (SSSR count). The maximum absolute atomic E-state index is 11.6. The van der Waals surface area contributed by atoms with Gasteiger partial charge in [-0.1, -0.05) is 6.07 Å². The molecule has 0 heterocycles. The van der Waals surface area contributed by atoms with Crippen molar-refractivity contribution in [2.45, 2.75) is 4.90 Å². The molecule has 0 amide bonds. The van der Waals surface area contributed by atoms with Gasteiger partial charge in [-0.25, -0.2) is 0 Å². The van der Waals surface area contributed by atoms with E-state index < -0.39 is 0 Å². The smallest absolute Gasteiger partial charge is 0.177 e. The van der Waals surface area contributed by atoms with Crippen molar-refractivity contribution in [1.29, 1.82) is 0 Å². The van der Waals surface area contributed by atoms with Gasteiger partial charge in [-0.2, -0.15) is 0 Å². The Hall–Kier alpha value is -1.00. The average Bonchev–Trinajstić information content (AvgIpc) is 2.17. The third kappa shape index (κ3) is 2.27. The molecule has 1 aromatic carbocycles. The van der Waals surface area contributed by atoms with Crippen molar-refractivity contribution in [2.24, 2.45) is 0 Å². The summed E-state index contributed by atoms with van der Waals surface area (Å²) in [5.41, 5.74) is 0.576. The Kier molecular flexibility index (Phi) is 3.98. The molecule has 0 atom stereocenters. The lowest BCUT2D eigenvalue weighted by atomic mass is 10.1. The van der Waals surface area contributed by atoms with E-state index in [1.54, 1.807) is 25.2 Å². The molecule has 14 heavy (non-hydrogen) atoms. The lowest BCUT2D eigenvalue weighted by Gasteiger charge is -2.07. The first-order chi connectivity index (χ1) is 6.70. The highest BCUT2D eigenvalue weighted by atomic mass is 32.2. The van der Waals surface area contributed by atoms with Crippen molar-refractivity contribution in [1.82, 2.24) is 5.32 Å². The number of benzene rings is 1. The lowest BCUT2D eigenvalue weighted by Crippen LogP contribution is -2.19. The summed E-state index contributed by atoms with van der Waals surface area (Å²) in [4.78, 5) is 12.2. The van der Waals surface area contributed by atoms with Gasteiger partial charge in [-0.3, -0.25) is 4.79 Å². The van der Waals surface area contributed by atoms with E-state index in [1.807, 2.05) is 6.26 Å². The summed E-state index contributed by atoms with van der Waals surface area (Å²) in [6.45, 7) is 0.289. The largest absolute Gasteiger partial charge is 0.507 e. The average molecular weight is 211 g/mol. The molecule has 3 nitrogen and oxygen atoms in total. The number of thioether (sulfide) groups is 1. The number of rotatable bonds is 4. The van der Waals surface area contributed by atoms with Crippen LogP contribution in [0.4, 0.5) is 0 Å². The Balaban J connectivity index is 3.07. The molecule has 0 spiro atoms. The molecule has 0 bridgehead atoms. The van der Waals surface area contributed by atoms with Crippen LogP contribution in [0.2, 0.25) is 0 Å². The second kappa shape index (κ2) is 5.02. The third-order valence-corrected chi connectivity index (χ3v) is 2.67. The highest BCUT2D eigenvalue weighted by molar-refractivity contribution is 7.98. The molecule has 0 saturated heterocycles. The molecular formula is C10H13NO2S. The minimum absolute atomic E-state index is 0.00671. The van der Waals surface area contributed by atoms with Crippen LogP contribution in [-0.4, -0.2) is 30.7 Å². The predicted molar refractivity (Wildman–Crippen MR) is 58.1 cm³/mol. The second-order valence-corrected chi connectivity index (χ2v) is 3.63. The number of likely N-dealkylation sites (N-methyl/N-ethyl adjacent to an activating group) is 1. The molecule has 2 N–H and O–H groups in total. The van der Waals surface area contributed by atoms with Crippen molar-refractivity contribution in [3.8, 4) is 5.75 Å². The molecule has 0 unspecified atom stereocenters. The van der Waals surface area contributed by atoms with Crippen LogP contribution >= 0.6 is 11.8 Å². The molecule has 4 heteroatoms. The Morgan fingerprint density at radius 3 is 2.86 bits per heavy atom. The molecule has 0 aromatic heterocycles. The first kappa shape index (κ1) is 11.1. The predicted octanol–water partition coefficient (Wildman–Crippen LogP) is 1.52. The molecule has 0 saturated carbocycles. The van der Waals surface area contributed by atoms with Gasteiger partial charge in [0.25, 0.3) is 0 Å². The van der Waals surface area contributed by atoms with Gasteiger partial charge in [0.15, 0.2) is 5.78 Å². The van der Waals surface area contributed by atoms with Crippen LogP contribution in [0.1, 0.15) is 10.4 Å². The summed E-state index contributed by atoms with van der Waals surface area (Å²) < 4.78 is 0. The van der Waals surface area contributed by atoms with E-state index in [1.165, 1.54) is 11.8 Å². The lowest BCUT2D eigenvalue weighted by molar-refractivity contribution is 0.0990. The number of hydrogen-bond donors (Lipinski definition) is 2. The fourth-order valence-corrected chi connectivity index (χ4v) is 1.89. The van der Waals surface area contributed by atoms with Crippen molar-refractivity contribution < 1.29 is 9.90 Å². The van der Waals surface area contributed by atoms with Crippen molar-refractivity contribution in [3.63, 3.8) is 0 Å². The van der Waals surface area contributed by atoms with Gasteiger partial charge >= 0.3 is 0 Å². The van der Waals surface area contributed by atoms with E-state index in [2.05, 4.69) is 5.32 Å². The standard InChI is InChI=1S/C10H13NO2S/c1-11-6-9(13)7-4-3-5-8(12)10(7)14-2/h3-5,11-12H,6H2,1-2H3. The van der Waals surface area contributed by atoms with Gasteiger partial charge < -0.3 is 10.4 Å². The Morgan fingerprint density at radius 1 is 1.57 bits per heavy atom. The molecule has 0 radical (unpaired) electrons. The molecule has 0 aliphatic carbocycles. The minimum Gasteiger partial charge on any atom is -0.507 e. The van der Waals surface area contributed by atoms with E-state index in [9.17, 15) is 9.90 Å². The number of carbonyl (C=O) groups excluding carboxylic acids is 1. The van der Waals surface area contributed by atoms with Crippen LogP contribution in [0.15, 0.2) is 23.1 Å². The van der Waals surface area contributed by atoms with Crippen molar-refractivity contribution in [3.05, 3.63) is 23.8 Å². The number of carbonyl (C=O) groups is 1. The number of ketones is 1. The van der Waals surface area contributed by atoms with Gasteiger partial charge in [0, 0.05) is 5.56 Å². The summed E-state index contributed by atoms with van der Waals surface area (Å²) in [5, 5.41) is 12.3. The van der Waals surface area contributed by atoms with Crippen LogP contribution in [-0.2, 0) is 0 Å². The van der Waals surface area contributed by atoms with E-state index in [0.717, 1.165) is 0 Å². The van der Waals surface area contributed by atoms with Gasteiger partial charge in [-0.05, 0) is 25.4 Å². The number of hydrogen-bond acceptors (Lipinski definition) is 4. The first-order valence-corrected chi connectivity index (χ1v) is 5.47. The van der Waals surface area contributed by atoms with Crippen molar-refractivity contribution in [2.75, 3.05) is 19.8 Å². The second-order valence-electron chi connectivity index (χ2n) is 2.81.